The van der Waals surface area contributed by atoms with Crippen LogP contribution in [0.3, 0.4) is 0 Å². The predicted octanol–water partition coefficient (Wildman–Crippen LogP) is 4.53. The van der Waals surface area contributed by atoms with Crippen LogP contribution in [-0.2, 0) is 41.6 Å². The molecule has 2 fully saturated rings. The average Bonchev–Trinajstić information content (AvgIpc) is 4.13. The average molecular weight is 1070 g/mol. The molecule has 0 aromatic heterocycles. The van der Waals surface area contributed by atoms with E-state index in [2.05, 4.69) is 54.7 Å². The van der Waals surface area contributed by atoms with Crippen molar-refractivity contribution in [1.29, 1.82) is 0 Å². The number of amides is 8. The first-order valence-corrected chi connectivity index (χ1v) is 28.1. The molecule has 8 N–H and O–H groups in total. The fourth-order valence-electron chi connectivity index (χ4n) is 11.7. The van der Waals surface area contributed by atoms with Gasteiger partial charge in [-0.1, -0.05) is 110 Å². The summed E-state index contributed by atoms with van der Waals surface area (Å²) >= 11 is 0. The van der Waals surface area contributed by atoms with Crippen LogP contribution >= 0.6 is 0 Å². The van der Waals surface area contributed by atoms with Crippen molar-refractivity contribution in [1.82, 2.24) is 52.3 Å². The number of fused-ring (bicyclic) bond motifs is 2. The molecule has 7 rings (SSSR count). The standard InChI is InChI=1S/C60H84N10O8/c1-11-43(61-9)53(73)67-49(59(3,4)5)57(77)69-33-39(31-47(69)55(75)65-45-28-18-22-35-20-13-15-26-41(35)45)63-51(71)37-24-17-25-38(30-37)52(72)64-40-32-48(56(76)66-46-29-19-23-36-21-14-16-27-42(36)46)70(34-40)58(78)50(60(6,7)8)68-54(74)44(12-2)62-10/h13-17,20-21,24-27,30,39-40,43-50,61-62H,11-12,18-19,22-23,28-29,31-34H2,1-10H3,(H,63,71)(H,64,72)(H,65,75)(H,66,76)(H,67,73)(H,68,74)/t39-,40-,43-,44-,45+,46?,47-,48-,49+,50+/m0/s1. The molecule has 2 aliphatic heterocycles. The third-order valence-electron chi connectivity index (χ3n) is 16.1. The lowest BCUT2D eigenvalue weighted by Gasteiger charge is -2.36. The summed E-state index contributed by atoms with van der Waals surface area (Å²) in [5.41, 5.74) is 3.23. The Kier molecular flexibility index (Phi) is 19.2. The molecular formula is C60H84N10O8. The number of nitrogens with one attached hydrogen (secondary N) is 8. The van der Waals surface area contributed by atoms with Crippen LogP contribution in [0.15, 0.2) is 72.8 Å². The molecule has 18 nitrogen and oxygen atoms in total. The van der Waals surface area contributed by atoms with E-state index in [9.17, 15) is 38.4 Å². The summed E-state index contributed by atoms with van der Waals surface area (Å²) in [6, 6.07) is 15.3. The Balaban J connectivity index is 1.09. The maximum atomic E-state index is 14.8. The Morgan fingerprint density at radius 2 is 0.923 bits per heavy atom. The van der Waals surface area contributed by atoms with E-state index < -0.39 is 82.8 Å². The second-order valence-corrected chi connectivity index (χ2v) is 23.8. The van der Waals surface area contributed by atoms with Gasteiger partial charge < -0.3 is 52.3 Å². The van der Waals surface area contributed by atoms with Crippen molar-refractivity contribution in [2.75, 3.05) is 27.2 Å². The Hall–Kier alpha value is -6.66. The molecular weight excluding hydrogens is 989 g/mol. The maximum Gasteiger partial charge on any atom is 0.251 e. The molecule has 0 spiro atoms. The van der Waals surface area contributed by atoms with Crippen LogP contribution in [0.2, 0.25) is 0 Å². The molecule has 3 aromatic rings. The van der Waals surface area contributed by atoms with Gasteiger partial charge in [0.15, 0.2) is 0 Å². The first-order chi connectivity index (χ1) is 37.1. The SMILES string of the molecule is CC[C@H](NC)C(=O)N[C@H](C(=O)N1C[C@@H](NC(=O)c2cccc(C(=O)N[C@H]3C[C@@H](C(=O)N[C@@H]4CCCc5ccccc54)N(C(=O)[C@@H](NC(=O)[C@H](CC)NC)C(C)(C)C)C3)c2)C[C@H]1C(=O)NC1CCCc2ccccc21)C(C)(C)C. The number of likely N-dealkylation sites (tertiary alicyclic amines) is 2. The van der Waals surface area contributed by atoms with Crippen molar-refractivity contribution in [3.63, 3.8) is 0 Å². The first-order valence-electron chi connectivity index (χ1n) is 28.1. The smallest absolute Gasteiger partial charge is 0.251 e. The van der Waals surface area contributed by atoms with Crippen LogP contribution in [0.4, 0.5) is 0 Å². The number of rotatable bonds is 18. The van der Waals surface area contributed by atoms with E-state index in [4.69, 9.17) is 0 Å². The van der Waals surface area contributed by atoms with Gasteiger partial charge in [0.2, 0.25) is 35.4 Å². The molecule has 18 heteroatoms. The van der Waals surface area contributed by atoms with Gasteiger partial charge in [0.05, 0.1) is 24.2 Å². The van der Waals surface area contributed by atoms with Crippen LogP contribution in [0.1, 0.15) is 162 Å². The minimum atomic E-state index is -0.996. The molecule has 2 heterocycles. The van der Waals surface area contributed by atoms with E-state index in [-0.39, 0.29) is 72.8 Å². The summed E-state index contributed by atoms with van der Waals surface area (Å²) in [6.07, 6.45) is 6.22. The molecule has 3 aromatic carbocycles. The third kappa shape index (κ3) is 13.8. The molecule has 4 aliphatic rings. The topological polar surface area (TPSA) is 239 Å². The van der Waals surface area contributed by atoms with Crippen molar-refractivity contribution in [3.05, 3.63) is 106 Å². The van der Waals surface area contributed by atoms with Gasteiger partial charge in [-0.2, -0.15) is 0 Å². The monoisotopic (exact) mass is 1070 g/mol. The Morgan fingerprint density at radius 3 is 1.28 bits per heavy atom. The Labute approximate surface area is 460 Å². The summed E-state index contributed by atoms with van der Waals surface area (Å²) in [5, 5.41) is 24.5. The highest BCUT2D eigenvalue weighted by atomic mass is 16.2. The van der Waals surface area contributed by atoms with Crippen molar-refractivity contribution in [2.24, 2.45) is 10.8 Å². The second-order valence-electron chi connectivity index (χ2n) is 23.8. The largest absolute Gasteiger partial charge is 0.347 e. The zero-order chi connectivity index (χ0) is 56.6. The predicted molar refractivity (Wildman–Crippen MR) is 299 cm³/mol. The van der Waals surface area contributed by atoms with E-state index >= 15 is 0 Å². The number of hydrogen-bond acceptors (Lipinski definition) is 10. The quantitative estimate of drug-likeness (QED) is 0.0886. The van der Waals surface area contributed by atoms with Gasteiger partial charge in [0.1, 0.15) is 24.2 Å². The molecule has 8 amide bonds. The Bertz CT molecular complexity index is 2510. The number of carbonyl (C=O) groups is 8. The molecule has 2 aliphatic carbocycles. The van der Waals surface area contributed by atoms with E-state index in [0.717, 1.165) is 60.8 Å². The molecule has 78 heavy (non-hydrogen) atoms. The highest BCUT2D eigenvalue weighted by molar-refractivity contribution is 6.01. The van der Waals surface area contributed by atoms with Crippen molar-refractivity contribution < 1.29 is 38.4 Å². The van der Waals surface area contributed by atoms with Crippen LogP contribution in [-0.4, -0.2) is 133 Å². The van der Waals surface area contributed by atoms with E-state index in [1.54, 1.807) is 32.3 Å². The molecule has 10 atom stereocenters. The number of nitrogens with zero attached hydrogens (tertiary/aromatic N) is 2. The third-order valence-corrected chi connectivity index (χ3v) is 16.1. The minimum Gasteiger partial charge on any atom is -0.347 e. The van der Waals surface area contributed by atoms with Crippen LogP contribution in [0.5, 0.6) is 0 Å². The summed E-state index contributed by atoms with van der Waals surface area (Å²) in [7, 11) is 3.37. The summed E-state index contributed by atoms with van der Waals surface area (Å²) in [6.45, 7) is 14.9. The normalized spacial score (nSPS) is 22.6. The molecule has 2 saturated heterocycles. The minimum absolute atomic E-state index is 0.0108. The van der Waals surface area contributed by atoms with E-state index in [1.165, 1.54) is 15.9 Å². The molecule has 0 saturated carbocycles. The van der Waals surface area contributed by atoms with Crippen LogP contribution in [0.25, 0.3) is 0 Å². The first kappa shape index (κ1) is 59.0. The zero-order valence-corrected chi connectivity index (χ0v) is 47.3. The highest BCUT2D eigenvalue weighted by Gasteiger charge is 2.48. The fraction of sp³-hybridized carbons (Fsp3) is 0.567. The van der Waals surface area contributed by atoms with Crippen molar-refractivity contribution >= 4 is 47.3 Å². The summed E-state index contributed by atoms with van der Waals surface area (Å²) in [4.78, 5) is 117. The highest BCUT2D eigenvalue weighted by Crippen LogP contribution is 2.34. The van der Waals surface area contributed by atoms with Crippen LogP contribution < -0.4 is 42.5 Å². The van der Waals surface area contributed by atoms with Gasteiger partial charge in [-0.05, 0) is 130 Å². The molecule has 422 valence electrons. The van der Waals surface area contributed by atoms with Gasteiger partial charge >= 0.3 is 0 Å². The number of aryl methyl sites for hydroxylation is 2. The molecule has 1 unspecified atom stereocenters. The van der Waals surface area contributed by atoms with Crippen LogP contribution in [0, 0.1) is 10.8 Å². The van der Waals surface area contributed by atoms with E-state index in [0.29, 0.717) is 12.8 Å². The number of hydrogen-bond donors (Lipinski definition) is 8. The maximum absolute atomic E-state index is 14.8. The van der Waals surface area contributed by atoms with Gasteiger partial charge in [0, 0.05) is 36.3 Å². The van der Waals surface area contributed by atoms with Gasteiger partial charge in [0.25, 0.3) is 11.8 Å². The Morgan fingerprint density at radius 1 is 0.538 bits per heavy atom. The molecule has 0 radical (unpaired) electrons. The summed E-state index contributed by atoms with van der Waals surface area (Å²) < 4.78 is 0. The van der Waals surface area contributed by atoms with Gasteiger partial charge in [-0.15, -0.1) is 0 Å². The number of benzene rings is 3. The van der Waals surface area contributed by atoms with Crippen molar-refractivity contribution in [2.45, 2.75) is 180 Å². The fourth-order valence-corrected chi connectivity index (χ4v) is 11.7. The lowest BCUT2D eigenvalue weighted by Crippen LogP contribution is -2.60. The summed E-state index contributed by atoms with van der Waals surface area (Å²) in [5.74, 6) is -3.32. The number of carbonyl (C=O) groups excluding carboxylic acids is 8. The lowest BCUT2D eigenvalue weighted by atomic mass is 9.85. The lowest BCUT2D eigenvalue weighted by molar-refractivity contribution is -0.144. The number of likely N-dealkylation sites (N-methyl/N-ethyl adjacent to an activating group) is 2. The van der Waals surface area contributed by atoms with Crippen molar-refractivity contribution in [3.8, 4) is 0 Å². The van der Waals surface area contributed by atoms with Gasteiger partial charge in [-0.25, -0.2) is 0 Å². The second kappa shape index (κ2) is 25.4. The zero-order valence-electron chi connectivity index (χ0n) is 47.3. The molecule has 0 bridgehead atoms. The van der Waals surface area contributed by atoms with Gasteiger partial charge in [-0.3, -0.25) is 38.4 Å². The van der Waals surface area contributed by atoms with E-state index in [1.807, 2.05) is 91.8 Å².